The maximum absolute atomic E-state index is 12.1. The molecule has 24 heavy (non-hydrogen) atoms. The predicted molar refractivity (Wildman–Crippen MR) is 94.3 cm³/mol. The van der Waals surface area contributed by atoms with Gasteiger partial charge in [-0.3, -0.25) is 9.59 Å². The van der Waals surface area contributed by atoms with E-state index in [4.69, 9.17) is 27.9 Å². The molecule has 0 radical (unpaired) electrons. The largest absolute Gasteiger partial charge is 0.449 e. The van der Waals surface area contributed by atoms with Crippen molar-refractivity contribution in [1.82, 2.24) is 0 Å². The Morgan fingerprint density at radius 3 is 2.50 bits per heavy atom. The molecule has 1 N–H and O–H groups in total. The summed E-state index contributed by atoms with van der Waals surface area (Å²) in [6, 6.07) is 7.86. The van der Waals surface area contributed by atoms with E-state index in [2.05, 4.69) is 5.32 Å². The minimum Gasteiger partial charge on any atom is -0.449 e. The van der Waals surface area contributed by atoms with E-state index in [0.717, 1.165) is 11.3 Å². The summed E-state index contributed by atoms with van der Waals surface area (Å²) in [7, 11) is 0. The summed E-state index contributed by atoms with van der Waals surface area (Å²) in [6.45, 7) is 2.87. The van der Waals surface area contributed by atoms with Gasteiger partial charge < -0.3 is 10.1 Å². The number of Topliss-reactive ketones (excluding diaryl/α,β-unsaturated/α-hetero) is 1. The van der Waals surface area contributed by atoms with Crippen molar-refractivity contribution in [3.63, 3.8) is 0 Å². The van der Waals surface area contributed by atoms with E-state index in [-0.39, 0.29) is 15.7 Å². The quantitative estimate of drug-likeness (QED) is 0.609. The van der Waals surface area contributed by atoms with Gasteiger partial charge in [-0.15, -0.1) is 11.3 Å². The summed E-state index contributed by atoms with van der Waals surface area (Å²) in [5, 5.41) is 2.59. The van der Waals surface area contributed by atoms with E-state index in [1.54, 1.807) is 24.3 Å². The van der Waals surface area contributed by atoms with Gasteiger partial charge in [0.1, 0.15) is 4.34 Å². The predicted octanol–water partition coefficient (Wildman–Crippen LogP) is 4.44. The SMILES string of the molecule is CC(=O)c1cccc(NC(=O)[C@H](C)OC(=O)c2cc(Cl)sc2Cl)c1. The molecule has 1 aromatic carbocycles. The van der Waals surface area contributed by atoms with Crippen LogP contribution in [0.25, 0.3) is 0 Å². The van der Waals surface area contributed by atoms with Crippen LogP contribution in [0.15, 0.2) is 30.3 Å². The molecule has 0 bridgehead atoms. The number of ether oxygens (including phenoxy) is 1. The average molecular weight is 386 g/mol. The van der Waals surface area contributed by atoms with Gasteiger partial charge in [-0.25, -0.2) is 4.79 Å². The molecule has 8 heteroatoms. The first-order chi connectivity index (χ1) is 11.3. The zero-order valence-corrected chi connectivity index (χ0v) is 15.1. The zero-order chi connectivity index (χ0) is 17.9. The van der Waals surface area contributed by atoms with Crippen LogP contribution in [0.1, 0.15) is 34.6 Å². The monoisotopic (exact) mass is 385 g/mol. The lowest BCUT2D eigenvalue weighted by Gasteiger charge is -2.13. The number of amides is 1. The molecule has 1 heterocycles. The van der Waals surface area contributed by atoms with E-state index < -0.39 is 18.0 Å². The number of nitrogens with one attached hydrogen (secondary N) is 1. The summed E-state index contributed by atoms with van der Waals surface area (Å²) in [5.74, 6) is -1.38. The molecule has 1 amide bonds. The van der Waals surface area contributed by atoms with Gasteiger partial charge in [0.15, 0.2) is 11.9 Å². The Morgan fingerprint density at radius 2 is 1.92 bits per heavy atom. The topological polar surface area (TPSA) is 72.5 Å². The van der Waals surface area contributed by atoms with Crippen molar-refractivity contribution < 1.29 is 19.1 Å². The Labute approximate surface area is 152 Å². The number of rotatable bonds is 5. The standard InChI is InChI=1S/C16H13Cl2NO4S/c1-8(20)10-4-3-5-11(6-10)19-15(21)9(2)23-16(22)12-7-13(17)24-14(12)18/h3-7,9H,1-2H3,(H,19,21)/t9-/m0/s1. The highest BCUT2D eigenvalue weighted by Crippen LogP contribution is 2.31. The van der Waals surface area contributed by atoms with Crippen LogP contribution in [0.2, 0.25) is 8.67 Å². The lowest BCUT2D eigenvalue weighted by atomic mass is 10.1. The van der Waals surface area contributed by atoms with Gasteiger partial charge in [-0.2, -0.15) is 0 Å². The Balaban J connectivity index is 2.02. The van der Waals surface area contributed by atoms with Crippen molar-refractivity contribution >= 4 is 57.9 Å². The fourth-order valence-electron chi connectivity index (χ4n) is 1.82. The summed E-state index contributed by atoms with van der Waals surface area (Å²) in [4.78, 5) is 35.5. The van der Waals surface area contributed by atoms with E-state index in [1.807, 2.05) is 0 Å². The van der Waals surface area contributed by atoms with Gasteiger partial charge in [-0.1, -0.05) is 35.3 Å². The molecule has 0 aliphatic heterocycles. The molecule has 1 atom stereocenters. The van der Waals surface area contributed by atoms with Crippen LogP contribution < -0.4 is 5.32 Å². The minimum absolute atomic E-state index is 0.116. The number of hydrogen-bond donors (Lipinski definition) is 1. The molecule has 0 saturated carbocycles. The number of anilines is 1. The second kappa shape index (κ2) is 7.79. The first-order valence-corrected chi connectivity index (χ1v) is 8.43. The zero-order valence-electron chi connectivity index (χ0n) is 12.8. The smallest absolute Gasteiger partial charge is 0.341 e. The van der Waals surface area contributed by atoms with Crippen molar-refractivity contribution in [3.05, 3.63) is 50.1 Å². The fraction of sp³-hybridized carbons (Fsp3) is 0.188. The number of benzene rings is 1. The van der Waals surface area contributed by atoms with Gasteiger partial charge in [0.2, 0.25) is 0 Å². The third-order valence-corrected chi connectivity index (χ3v) is 4.55. The highest BCUT2D eigenvalue weighted by atomic mass is 35.5. The van der Waals surface area contributed by atoms with E-state index in [9.17, 15) is 14.4 Å². The van der Waals surface area contributed by atoms with Gasteiger partial charge in [-0.05, 0) is 32.0 Å². The summed E-state index contributed by atoms with van der Waals surface area (Å²) in [5.41, 5.74) is 1.02. The third-order valence-electron chi connectivity index (χ3n) is 3.07. The Morgan fingerprint density at radius 1 is 1.21 bits per heavy atom. The number of ketones is 1. The van der Waals surface area contributed by atoms with E-state index in [1.165, 1.54) is 19.9 Å². The maximum atomic E-state index is 12.1. The molecule has 0 saturated heterocycles. The van der Waals surface area contributed by atoms with E-state index in [0.29, 0.717) is 15.6 Å². The lowest BCUT2D eigenvalue weighted by molar-refractivity contribution is -0.123. The molecule has 126 valence electrons. The lowest BCUT2D eigenvalue weighted by Crippen LogP contribution is -2.30. The van der Waals surface area contributed by atoms with Crippen molar-refractivity contribution in [2.24, 2.45) is 0 Å². The molecule has 2 rings (SSSR count). The molecule has 0 unspecified atom stereocenters. The Kier molecular flexibility index (Phi) is 5.99. The van der Waals surface area contributed by atoms with Crippen molar-refractivity contribution in [2.75, 3.05) is 5.32 Å². The summed E-state index contributed by atoms with van der Waals surface area (Å²) >= 11 is 12.7. The average Bonchev–Trinajstić information content (AvgIpc) is 2.86. The van der Waals surface area contributed by atoms with Crippen LogP contribution in [-0.2, 0) is 9.53 Å². The number of carbonyl (C=O) groups excluding carboxylic acids is 3. The van der Waals surface area contributed by atoms with Crippen molar-refractivity contribution in [1.29, 1.82) is 0 Å². The summed E-state index contributed by atoms with van der Waals surface area (Å²) in [6.07, 6.45) is -1.05. The van der Waals surface area contributed by atoms with Gasteiger partial charge in [0, 0.05) is 11.3 Å². The van der Waals surface area contributed by atoms with Crippen LogP contribution in [0, 0.1) is 0 Å². The van der Waals surface area contributed by atoms with Crippen LogP contribution in [0.5, 0.6) is 0 Å². The van der Waals surface area contributed by atoms with E-state index >= 15 is 0 Å². The molecule has 0 spiro atoms. The molecule has 5 nitrogen and oxygen atoms in total. The normalized spacial score (nSPS) is 11.7. The van der Waals surface area contributed by atoms with Gasteiger partial charge >= 0.3 is 5.97 Å². The van der Waals surface area contributed by atoms with Crippen molar-refractivity contribution in [2.45, 2.75) is 20.0 Å². The molecule has 0 aliphatic carbocycles. The second-order valence-electron chi connectivity index (χ2n) is 4.91. The van der Waals surface area contributed by atoms with Gasteiger partial charge in [0.25, 0.3) is 5.91 Å². The Bertz CT molecular complexity index is 803. The maximum Gasteiger partial charge on any atom is 0.341 e. The first kappa shape index (κ1) is 18.4. The number of carbonyl (C=O) groups is 3. The highest BCUT2D eigenvalue weighted by Gasteiger charge is 2.22. The molecule has 2 aromatic rings. The Hall–Kier alpha value is -1.89. The molecule has 0 fully saturated rings. The van der Waals surface area contributed by atoms with Crippen LogP contribution in [0.4, 0.5) is 5.69 Å². The first-order valence-electron chi connectivity index (χ1n) is 6.85. The van der Waals surface area contributed by atoms with Crippen LogP contribution in [-0.4, -0.2) is 23.8 Å². The highest BCUT2D eigenvalue weighted by molar-refractivity contribution is 7.20. The van der Waals surface area contributed by atoms with Crippen molar-refractivity contribution in [3.8, 4) is 0 Å². The molecule has 1 aromatic heterocycles. The fourth-order valence-corrected chi connectivity index (χ4v) is 3.26. The number of halogens is 2. The van der Waals surface area contributed by atoms with Crippen LogP contribution in [0.3, 0.4) is 0 Å². The second-order valence-corrected chi connectivity index (χ2v) is 7.20. The molecule has 0 aliphatic rings. The summed E-state index contributed by atoms with van der Waals surface area (Å²) < 4.78 is 5.64. The number of hydrogen-bond acceptors (Lipinski definition) is 5. The minimum atomic E-state index is -1.05. The van der Waals surface area contributed by atoms with Gasteiger partial charge in [0.05, 0.1) is 9.90 Å². The van der Waals surface area contributed by atoms with Crippen LogP contribution >= 0.6 is 34.5 Å². The molecular weight excluding hydrogens is 373 g/mol. The third kappa shape index (κ3) is 4.56. The number of thiophene rings is 1. The number of esters is 1. The molecular formula is C16H13Cl2NO4S.